The van der Waals surface area contributed by atoms with Crippen molar-refractivity contribution in [3.05, 3.63) is 12.7 Å². The summed E-state index contributed by atoms with van der Waals surface area (Å²) in [5.74, 6) is -1.34. The molecule has 0 spiro atoms. The van der Waals surface area contributed by atoms with Crippen LogP contribution < -0.4 is 5.32 Å². The first kappa shape index (κ1) is 15.4. The average molecular weight is 245 g/mol. The molecule has 1 unspecified atom stereocenters. The Balaban J connectivity index is 4.81. The lowest BCUT2D eigenvalue weighted by molar-refractivity contribution is -0.146. The SMILES string of the molecule is C=CCC(CO)(NC(=O)OC(C)(C)C)C(=O)O. The summed E-state index contributed by atoms with van der Waals surface area (Å²) in [7, 11) is 0. The summed E-state index contributed by atoms with van der Waals surface area (Å²) >= 11 is 0. The molecule has 3 N–H and O–H groups in total. The van der Waals surface area contributed by atoms with Gasteiger partial charge in [0, 0.05) is 6.42 Å². The third kappa shape index (κ3) is 4.86. The molecule has 0 aromatic rings. The van der Waals surface area contributed by atoms with E-state index in [1.807, 2.05) is 0 Å². The van der Waals surface area contributed by atoms with Crippen molar-refractivity contribution in [2.24, 2.45) is 0 Å². The summed E-state index contributed by atoms with van der Waals surface area (Å²) < 4.78 is 4.93. The van der Waals surface area contributed by atoms with Crippen molar-refractivity contribution < 1.29 is 24.5 Å². The van der Waals surface area contributed by atoms with Gasteiger partial charge in [0.05, 0.1) is 6.61 Å². The molecule has 0 saturated heterocycles. The molecule has 0 bridgehead atoms. The molecule has 0 aliphatic carbocycles. The van der Waals surface area contributed by atoms with Crippen LogP contribution in [0.15, 0.2) is 12.7 Å². The van der Waals surface area contributed by atoms with E-state index in [1.54, 1.807) is 20.8 Å². The van der Waals surface area contributed by atoms with E-state index in [0.717, 1.165) is 0 Å². The third-order valence-corrected chi connectivity index (χ3v) is 1.91. The number of alkyl carbamates (subject to hydrolysis) is 1. The van der Waals surface area contributed by atoms with Gasteiger partial charge in [0.15, 0.2) is 5.54 Å². The molecule has 0 fully saturated rings. The molecule has 0 radical (unpaired) electrons. The van der Waals surface area contributed by atoms with Gasteiger partial charge in [-0.3, -0.25) is 0 Å². The van der Waals surface area contributed by atoms with E-state index < -0.39 is 29.8 Å². The van der Waals surface area contributed by atoms with E-state index in [4.69, 9.17) is 14.9 Å². The first-order valence-corrected chi connectivity index (χ1v) is 5.13. The number of carbonyl (C=O) groups is 2. The molecular formula is C11H19NO5. The lowest BCUT2D eigenvalue weighted by atomic mass is 9.97. The number of aliphatic hydroxyl groups is 1. The Morgan fingerprint density at radius 2 is 1.94 bits per heavy atom. The van der Waals surface area contributed by atoms with E-state index in [1.165, 1.54) is 6.08 Å². The van der Waals surface area contributed by atoms with E-state index >= 15 is 0 Å². The molecule has 6 heteroatoms. The third-order valence-electron chi connectivity index (χ3n) is 1.91. The molecular weight excluding hydrogens is 226 g/mol. The fraction of sp³-hybridized carbons (Fsp3) is 0.636. The number of amides is 1. The number of hydrogen-bond donors (Lipinski definition) is 3. The molecule has 17 heavy (non-hydrogen) atoms. The molecule has 0 rings (SSSR count). The molecule has 0 aromatic carbocycles. The number of aliphatic carboxylic acids is 1. The van der Waals surface area contributed by atoms with Crippen LogP contribution in [0, 0.1) is 0 Å². The van der Waals surface area contributed by atoms with Gasteiger partial charge in [0.2, 0.25) is 0 Å². The minimum atomic E-state index is -1.79. The molecule has 0 aliphatic heterocycles. The monoisotopic (exact) mass is 245 g/mol. The van der Waals surface area contributed by atoms with Gasteiger partial charge in [-0.15, -0.1) is 6.58 Å². The Hall–Kier alpha value is -1.56. The summed E-state index contributed by atoms with van der Waals surface area (Å²) in [6.45, 7) is 7.61. The fourth-order valence-corrected chi connectivity index (χ4v) is 1.11. The van der Waals surface area contributed by atoms with Crippen LogP contribution in [0.1, 0.15) is 27.2 Å². The van der Waals surface area contributed by atoms with Gasteiger partial charge in [-0.05, 0) is 20.8 Å². The van der Waals surface area contributed by atoms with Crippen molar-refractivity contribution in [1.82, 2.24) is 5.32 Å². The van der Waals surface area contributed by atoms with Crippen molar-refractivity contribution in [2.45, 2.75) is 38.3 Å². The van der Waals surface area contributed by atoms with E-state index in [2.05, 4.69) is 11.9 Å². The highest BCUT2D eigenvalue weighted by Crippen LogP contribution is 2.14. The minimum Gasteiger partial charge on any atom is -0.479 e. The highest BCUT2D eigenvalue weighted by Gasteiger charge is 2.39. The molecule has 6 nitrogen and oxygen atoms in total. The van der Waals surface area contributed by atoms with Gasteiger partial charge in [-0.1, -0.05) is 6.08 Å². The van der Waals surface area contributed by atoms with Crippen LogP contribution in [0.3, 0.4) is 0 Å². The lowest BCUT2D eigenvalue weighted by Crippen LogP contribution is -2.57. The van der Waals surface area contributed by atoms with Gasteiger partial charge in [0.1, 0.15) is 5.60 Å². The smallest absolute Gasteiger partial charge is 0.408 e. The Morgan fingerprint density at radius 3 is 2.24 bits per heavy atom. The average Bonchev–Trinajstić information content (AvgIpc) is 2.13. The fourth-order valence-electron chi connectivity index (χ4n) is 1.11. The minimum absolute atomic E-state index is 0.0991. The van der Waals surface area contributed by atoms with Gasteiger partial charge in [-0.2, -0.15) is 0 Å². The zero-order chi connectivity index (χ0) is 13.7. The van der Waals surface area contributed by atoms with Gasteiger partial charge in [-0.25, -0.2) is 9.59 Å². The van der Waals surface area contributed by atoms with Crippen molar-refractivity contribution in [1.29, 1.82) is 0 Å². The van der Waals surface area contributed by atoms with E-state index in [0.29, 0.717) is 0 Å². The number of carboxylic acid groups (broad SMARTS) is 1. The predicted octanol–water partition coefficient (Wildman–Crippen LogP) is 0.903. The topological polar surface area (TPSA) is 95.9 Å². The maximum absolute atomic E-state index is 11.5. The molecule has 0 saturated carbocycles. The number of rotatable bonds is 5. The summed E-state index contributed by atoms with van der Waals surface area (Å²) in [5.41, 5.74) is -2.53. The van der Waals surface area contributed by atoms with Crippen molar-refractivity contribution >= 4 is 12.1 Å². The van der Waals surface area contributed by atoms with Crippen LogP contribution in [-0.4, -0.2) is 40.0 Å². The Kier molecular flexibility index (Phi) is 5.15. The van der Waals surface area contributed by atoms with Crippen molar-refractivity contribution in [2.75, 3.05) is 6.61 Å². The number of aliphatic hydroxyl groups excluding tert-OH is 1. The number of nitrogens with one attached hydrogen (secondary N) is 1. The predicted molar refractivity (Wildman–Crippen MR) is 61.6 cm³/mol. The number of carbonyl (C=O) groups excluding carboxylic acids is 1. The molecule has 0 heterocycles. The largest absolute Gasteiger partial charge is 0.479 e. The van der Waals surface area contributed by atoms with Gasteiger partial charge >= 0.3 is 12.1 Å². The first-order valence-electron chi connectivity index (χ1n) is 5.13. The van der Waals surface area contributed by atoms with Crippen molar-refractivity contribution in [3.63, 3.8) is 0 Å². The maximum atomic E-state index is 11.5. The Bertz CT molecular complexity index is 307. The van der Waals surface area contributed by atoms with Crippen LogP contribution in [0.2, 0.25) is 0 Å². The second-order valence-corrected chi connectivity index (χ2v) is 4.67. The van der Waals surface area contributed by atoms with Gasteiger partial charge in [0.25, 0.3) is 0 Å². The Morgan fingerprint density at radius 1 is 1.41 bits per heavy atom. The zero-order valence-electron chi connectivity index (χ0n) is 10.3. The van der Waals surface area contributed by atoms with Crippen LogP contribution in [0.25, 0.3) is 0 Å². The summed E-state index contributed by atoms with van der Waals surface area (Å²) in [6, 6.07) is 0. The van der Waals surface area contributed by atoms with Crippen LogP contribution in [-0.2, 0) is 9.53 Å². The van der Waals surface area contributed by atoms with E-state index in [-0.39, 0.29) is 6.42 Å². The maximum Gasteiger partial charge on any atom is 0.408 e. The Labute approximate surface area is 100 Å². The van der Waals surface area contributed by atoms with Crippen molar-refractivity contribution in [3.8, 4) is 0 Å². The molecule has 1 amide bonds. The summed E-state index contributed by atoms with van der Waals surface area (Å²) in [5, 5.41) is 20.3. The second kappa shape index (κ2) is 5.67. The lowest BCUT2D eigenvalue weighted by Gasteiger charge is -2.29. The molecule has 0 aliphatic rings. The van der Waals surface area contributed by atoms with E-state index in [9.17, 15) is 9.59 Å². The molecule has 98 valence electrons. The molecule has 1 atom stereocenters. The standard InChI is InChI=1S/C11H19NO5/c1-5-6-11(7-13,8(14)15)12-9(16)17-10(2,3)4/h5,13H,1,6-7H2,2-4H3,(H,12,16)(H,14,15). The number of carboxylic acids is 1. The second-order valence-electron chi connectivity index (χ2n) is 4.67. The molecule has 0 aromatic heterocycles. The summed E-state index contributed by atoms with van der Waals surface area (Å²) in [6.07, 6.45) is 0.315. The number of hydrogen-bond acceptors (Lipinski definition) is 4. The van der Waals surface area contributed by atoms with Crippen LogP contribution >= 0.6 is 0 Å². The highest BCUT2D eigenvalue weighted by molar-refractivity contribution is 5.84. The zero-order valence-corrected chi connectivity index (χ0v) is 10.3. The quantitative estimate of drug-likeness (QED) is 0.625. The van der Waals surface area contributed by atoms with Crippen LogP contribution in [0.5, 0.6) is 0 Å². The van der Waals surface area contributed by atoms with Crippen LogP contribution in [0.4, 0.5) is 4.79 Å². The van der Waals surface area contributed by atoms with Gasteiger partial charge < -0.3 is 20.3 Å². The highest BCUT2D eigenvalue weighted by atomic mass is 16.6. The number of ether oxygens (including phenoxy) is 1. The normalized spacial score (nSPS) is 14.6. The first-order chi connectivity index (χ1) is 7.67. The summed E-state index contributed by atoms with van der Waals surface area (Å²) in [4.78, 5) is 22.5.